The molecule has 106 valence electrons. The van der Waals surface area contributed by atoms with Gasteiger partial charge in [-0.15, -0.1) is 0 Å². The highest BCUT2D eigenvalue weighted by Gasteiger charge is 2.09. The summed E-state index contributed by atoms with van der Waals surface area (Å²) in [6.45, 7) is 4.99. The highest BCUT2D eigenvalue weighted by molar-refractivity contribution is 5.33. The van der Waals surface area contributed by atoms with Gasteiger partial charge in [-0.3, -0.25) is 0 Å². The van der Waals surface area contributed by atoms with Gasteiger partial charge in [0.25, 0.3) is 0 Å². The fourth-order valence-electron chi connectivity index (χ4n) is 2.54. The fraction of sp³-hybridized carbons (Fsp3) is 0.600. The van der Waals surface area contributed by atoms with Crippen LogP contribution in [0.3, 0.4) is 0 Å². The quantitative estimate of drug-likeness (QED) is 0.777. The van der Waals surface area contributed by atoms with Gasteiger partial charge in [0, 0.05) is 12.1 Å². The van der Waals surface area contributed by atoms with Crippen LogP contribution in [0, 0.1) is 5.82 Å². The molecule has 0 amide bonds. The van der Waals surface area contributed by atoms with Crippen molar-refractivity contribution in [1.29, 1.82) is 0 Å². The van der Waals surface area contributed by atoms with Crippen LogP contribution in [0.15, 0.2) is 18.2 Å². The molecule has 1 aromatic carbocycles. The molecular formula is C15H23FN2O. The SMILES string of the molecule is Oc1c(F)cccc1CNCCCN1CCCCC1. The predicted molar refractivity (Wildman–Crippen MR) is 74.7 cm³/mol. The van der Waals surface area contributed by atoms with Gasteiger partial charge in [0.05, 0.1) is 0 Å². The molecule has 0 saturated carbocycles. The Morgan fingerprint density at radius 3 is 2.79 bits per heavy atom. The third kappa shape index (κ3) is 4.48. The van der Waals surface area contributed by atoms with E-state index in [1.54, 1.807) is 12.1 Å². The molecule has 3 nitrogen and oxygen atoms in total. The Kier molecular flexibility index (Phi) is 5.61. The van der Waals surface area contributed by atoms with E-state index in [4.69, 9.17) is 0 Å². The number of nitrogens with zero attached hydrogens (tertiary/aromatic N) is 1. The third-order valence-electron chi connectivity index (χ3n) is 3.66. The highest BCUT2D eigenvalue weighted by Crippen LogP contribution is 2.20. The number of rotatable bonds is 6. The number of para-hydroxylation sites is 1. The molecule has 19 heavy (non-hydrogen) atoms. The van der Waals surface area contributed by atoms with Gasteiger partial charge in [-0.05, 0) is 51.5 Å². The molecule has 1 heterocycles. The molecule has 1 aliphatic rings. The summed E-state index contributed by atoms with van der Waals surface area (Å²) in [6, 6.07) is 4.64. The molecule has 0 radical (unpaired) electrons. The summed E-state index contributed by atoms with van der Waals surface area (Å²) in [7, 11) is 0. The number of phenolic OH excluding ortho intramolecular Hbond substituents is 1. The molecule has 0 aromatic heterocycles. The number of piperidine rings is 1. The Morgan fingerprint density at radius 1 is 1.21 bits per heavy atom. The van der Waals surface area contributed by atoms with E-state index in [2.05, 4.69) is 10.2 Å². The average Bonchev–Trinajstić information content (AvgIpc) is 2.44. The Balaban J connectivity index is 1.62. The van der Waals surface area contributed by atoms with Crippen molar-refractivity contribution in [3.63, 3.8) is 0 Å². The monoisotopic (exact) mass is 266 g/mol. The Bertz CT molecular complexity index is 392. The molecule has 0 spiro atoms. The summed E-state index contributed by atoms with van der Waals surface area (Å²) in [5.74, 6) is -0.779. The van der Waals surface area contributed by atoms with E-state index in [0.29, 0.717) is 12.1 Å². The van der Waals surface area contributed by atoms with Crippen LogP contribution >= 0.6 is 0 Å². The zero-order valence-corrected chi connectivity index (χ0v) is 11.4. The molecule has 1 fully saturated rings. The van der Waals surface area contributed by atoms with Gasteiger partial charge in [-0.25, -0.2) is 4.39 Å². The van der Waals surface area contributed by atoms with E-state index >= 15 is 0 Å². The second-order valence-corrected chi connectivity index (χ2v) is 5.18. The second kappa shape index (κ2) is 7.46. The molecule has 0 atom stereocenters. The van der Waals surface area contributed by atoms with Gasteiger partial charge in [0.15, 0.2) is 11.6 Å². The van der Waals surface area contributed by atoms with Crippen molar-refractivity contribution < 1.29 is 9.50 Å². The van der Waals surface area contributed by atoms with Crippen molar-refractivity contribution in [2.75, 3.05) is 26.2 Å². The Hall–Kier alpha value is -1.13. The van der Waals surface area contributed by atoms with E-state index in [1.807, 2.05) is 0 Å². The van der Waals surface area contributed by atoms with E-state index < -0.39 is 5.82 Å². The number of halogens is 1. The lowest BCUT2D eigenvalue weighted by Gasteiger charge is -2.26. The smallest absolute Gasteiger partial charge is 0.165 e. The van der Waals surface area contributed by atoms with Crippen LogP contribution in [0.5, 0.6) is 5.75 Å². The second-order valence-electron chi connectivity index (χ2n) is 5.18. The number of hydrogen-bond acceptors (Lipinski definition) is 3. The maximum absolute atomic E-state index is 13.1. The normalized spacial score (nSPS) is 16.7. The summed E-state index contributed by atoms with van der Waals surface area (Å²) in [4.78, 5) is 2.50. The molecular weight excluding hydrogens is 243 g/mol. The molecule has 0 bridgehead atoms. The largest absolute Gasteiger partial charge is 0.505 e. The summed E-state index contributed by atoms with van der Waals surface area (Å²) in [5.41, 5.74) is 0.623. The molecule has 2 rings (SSSR count). The lowest BCUT2D eigenvalue weighted by Crippen LogP contribution is -2.32. The highest BCUT2D eigenvalue weighted by atomic mass is 19.1. The topological polar surface area (TPSA) is 35.5 Å². The first-order chi connectivity index (χ1) is 9.27. The standard InChI is InChI=1S/C15H23FN2O/c16-14-7-4-6-13(15(14)19)12-17-8-5-11-18-9-2-1-3-10-18/h4,6-7,17,19H,1-3,5,8-12H2. The summed E-state index contributed by atoms with van der Waals surface area (Å²) in [5, 5.41) is 12.8. The number of benzene rings is 1. The van der Waals surface area contributed by atoms with Crippen LogP contribution in [0.4, 0.5) is 4.39 Å². The van der Waals surface area contributed by atoms with Crippen LogP contribution in [-0.4, -0.2) is 36.2 Å². The van der Waals surface area contributed by atoms with Crippen LogP contribution in [0.25, 0.3) is 0 Å². The molecule has 1 aliphatic heterocycles. The predicted octanol–water partition coefficient (Wildman–Crippen LogP) is 2.50. The molecule has 0 aliphatic carbocycles. The van der Waals surface area contributed by atoms with Crippen LogP contribution in [0.1, 0.15) is 31.2 Å². The number of hydrogen-bond donors (Lipinski definition) is 2. The molecule has 1 aromatic rings. The average molecular weight is 266 g/mol. The summed E-state index contributed by atoms with van der Waals surface area (Å²) >= 11 is 0. The third-order valence-corrected chi connectivity index (χ3v) is 3.66. The van der Waals surface area contributed by atoms with E-state index in [0.717, 1.165) is 19.5 Å². The van der Waals surface area contributed by atoms with Crippen molar-refractivity contribution in [2.45, 2.75) is 32.2 Å². The van der Waals surface area contributed by atoms with Crippen molar-refractivity contribution in [1.82, 2.24) is 10.2 Å². The first-order valence-electron chi connectivity index (χ1n) is 7.17. The van der Waals surface area contributed by atoms with Gasteiger partial charge in [0.2, 0.25) is 0 Å². The lowest BCUT2D eigenvalue weighted by atomic mass is 10.1. The van der Waals surface area contributed by atoms with Gasteiger partial charge >= 0.3 is 0 Å². The summed E-state index contributed by atoms with van der Waals surface area (Å²) < 4.78 is 13.1. The van der Waals surface area contributed by atoms with Crippen molar-refractivity contribution in [2.24, 2.45) is 0 Å². The lowest BCUT2D eigenvalue weighted by molar-refractivity contribution is 0.225. The minimum atomic E-state index is -0.549. The number of nitrogens with one attached hydrogen (secondary N) is 1. The Morgan fingerprint density at radius 2 is 2.00 bits per heavy atom. The Labute approximate surface area is 114 Å². The van der Waals surface area contributed by atoms with Crippen molar-refractivity contribution in [3.8, 4) is 5.75 Å². The van der Waals surface area contributed by atoms with E-state index in [-0.39, 0.29) is 5.75 Å². The number of likely N-dealkylation sites (tertiary alicyclic amines) is 1. The van der Waals surface area contributed by atoms with Crippen molar-refractivity contribution >= 4 is 0 Å². The maximum atomic E-state index is 13.1. The molecule has 1 saturated heterocycles. The first kappa shape index (κ1) is 14.3. The first-order valence-corrected chi connectivity index (χ1v) is 7.17. The van der Waals surface area contributed by atoms with Crippen molar-refractivity contribution in [3.05, 3.63) is 29.6 Å². The van der Waals surface area contributed by atoms with Gasteiger partial charge in [-0.1, -0.05) is 18.6 Å². The van der Waals surface area contributed by atoms with Gasteiger partial charge in [-0.2, -0.15) is 0 Å². The summed E-state index contributed by atoms with van der Waals surface area (Å²) in [6.07, 6.45) is 5.11. The van der Waals surface area contributed by atoms with Crippen LogP contribution < -0.4 is 5.32 Å². The van der Waals surface area contributed by atoms with E-state index in [1.165, 1.54) is 38.4 Å². The van der Waals surface area contributed by atoms with Crippen LogP contribution in [-0.2, 0) is 6.54 Å². The number of aromatic hydroxyl groups is 1. The minimum absolute atomic E-state index is 0.231. The van der Waals surface area contributed by atoms with Crippen LogP contribution in [0.2, 0.25) is 0 Å². The fourth-order valence-corrected chi connectivity index (χ4v) is 2.54. The van der Waals surface area contributed by atoms with Gasteiger partial charge in [0.1, 0.15) is 0 Å². The number of phenols is 1. The molecule has 0 unspecified atom stereocenters. The van der Waals surface area contributed by atoms with Gasteiger partial charge < -0.3 is 15.3 Å². The molecule has 4 heteroatoms. The maximum Gasteiger partial charge on any atom is 0.165 e. The zero-order chi connectivity index (χ0) is 13.5. The molecule has 2 N–H and O–H groups in total. The zero-order valence-electron chi connectivity index (χ0n) is 11.4. The minimum Gasteiger partial charge on any atom is -0.505 e. The van der Waals surface area contributed by atoms with E-state index in [9.17, 15) is 9.50 Å².